The SMILES string of the molecule is CCOc1ccc(C(N)c2cc(Cl)sc2Cl)cc1OCC. The first-order chi connectivity index (χ1) is 10.1. The van der Waals surface area contributed by atoms with Gasteiger partial charge in [-0.2, -0.15) is 0 Å². The smallest absolute Gasteiger partial charge is 0.161 e. The first-order valence-corrected chi connectivity index (χ1v) is 8.23. The van der Waals surface area contributed by atoms with Crippen molar-refractivity contribution >= 4 is 34.5 Å². The zero-order valence-corrected chi connectivity index (χ0v) is 14.2. The summed E-state index contributed by atoms with van der Waals surface area (Å²) in [5, 5.41) is 0. The maximum absolute atomic E-state index is 6.29. The van der Waals surface area contributed by atoms with Crippen LogP contribution in [-0.4, -0.2) is 13.2 Å². The number of hydrogen-bond donors (Lipinski definition) is 1. The van der Waals surface area contributed by atoms with Crippen LogP contribution >= 0.6 is 34.5 Å². The monoisotopic (exact) mass is 345 g/mol. The summed E-state index contributed by atoms with van der Waals surface area (Å²) >= 11 is 13.5. The molecule has 0 radical (unpaired) electrons. The highest BCUT2D eigenvalue weighted by atomic mass is 35.5. The maximum atomic E-state index is 6.29. The van der Waals surface area contributed by atoms with Gasteiger partial charge < -0.3 is 15.2 Å². The molecule has 0 aliphatic rings. The van der Waals surface area contributed by atoms with Crippen molar-refractivity contribution in [2.75, 3.05) is 13.2 Å². The lowest BCUT2D eigenvalue weighted by atomic mass is 10.0. The Labute approximate surface area is 138 Å². The van der Waals surface area contributed by atoms with Crippen molar-refractivity contribution in [1.82, 2.24) is 0 Å². The Balaban J connectivity index is 2.35. The maximum Gasteiger partial charge on any atom is 0.161 e. The fraction of sp³-hybridized carbons (Fsp3) is 0.333. The molecule has 1 heterocycles. The predicted octanol–water partition coefficient (Wildman–Crippen LogP) is 4.90. The number of benzene rings is 1. The summed E-state index contributed by atoms with van der Waals surface area (Å²) < 4.78 is 12.4. The van der Waals surface area contributed by atoms with Crippen LogP contribution in [0.1, 0.15) is 31.0 Å². The van der Waals surface area contributed by atoms with Gasteiger partial charge in [-0.05, 0) is 37.6 Å². The van der Waals surface area contributed by atoms with Crippen LogP contribution in [-0.2, 0) is 0 Å². The summed E-state index contributed by atoms with van der Waals surface area (Å²) in [5.41, 5.74) is 8.01. The molecule has 0 bridgehead atoms. The van der Waals surface area contributed by atoms with Crippen molar-refractivity contribution in [3.8, 4) is 11.5 Å². The van der Waals surface area contributed by atoms with E-state index in [1.165, 1.54) is 11.3 Å². The van der Waals surface area contributed by atoms with E-state index in [0.717, 1.165) is 11.1 Å². The third-order valence-corrected chi connectivity index (χ3v) is 4.46. The van der Waals surface area contributed by atoms with Gasteiger partial charge in [-0.25, -0.2) is 0 Å². The first-order valence-electron chi connectivity index (χ1n) is 6.66. The van der Waals surface area contributed by atoms with Gasteiger partial charge in [0.15, 0.2) is 11.5 Å². The Hall–Kier alpha value is -0.940. The zero-order valence-electron chi connectivity index (χ0n) is 11.9. The Morgan fingerprint density at radius 2 is 1.76 bits per heavy atom. The van der Waals surface area contributed by atoms with E-state index in [2.05, 4.69) is 0 Å². The molecule has 2 aromatic rings. The summed E-state index contributed by atoms with van der Waals surface area (Å²) in [6.07, 6.45) is 0. The van der Waals surface area contributed by atoms with Gasteiger partial charge in [0.25, 0.3) is 0 Å². The normalized spacial score (nSPS) is 12.2. The number of nitrogens with two attached hydrogens (primary N) is 1. The molecule has 1 atom stereocenters. The fourth-order valence-electron chi connectivity index (χ4n) is 2.01. The van der Waals surface area contributed by atoms with Crippen LogP contribution in [0.3, 0.4) is 0 Å². The van der Waals surface area contributed by atoms with Gasteiger partial charge in [0.05, 0.1) is 27.9 Å². The second kappa shape index (κ2) is 7.36. The van der Waals surface area contributed by atoms with Gasteiger partial charge in [-0.3, -0.25) is 0 Å². The molecule has 2 rings (SSSR count). The second-order valence-electron chi connectivity index (χ2n) is 4.33. The van der Waals surface area contributed by atoms with E-state index in [1.807, 2.05) is 32.0 Å². The van der Waals surface area contributed by atoms with Crippen LogP contribution in [0.4, 0.5) is 0 Å². The van der Waals surface area contributed by atoms with Crippen LogP contribution in [0.25, 0.3) is 0 Å². The van der Waals surface area contributed by atoms with Crippen molar-refractivity contribution in [3.63, 3.8) is 0 Å². The lowest BCUT2D eigenvalue weighted by Crippen LogP contribution is -2.12. The molecule has 2 N–H and O–H groups in total. The molecule has 0 saturated carbocycles. The topological polar surface area (TPSA) is 44.5 Å². The van der Waals surface area contributed by atoms with E-state index in [9.17, 15) is 0 Å². The summed E-state index contributed by atoms with van der Waals surface area (Å²) in [4.78, 5) is 0. The molecule has 114 valence electrons. The first kappa shape index (κ1) is 16.4. The predicted molar refractivity (Wildman–Crippen MR) is 89.1 cm³/mol. The molecule has 6 heteroatoms. The molecular formula is C15H17Cl2NO2S. The average Bonchev–Trinajstić information content (AvgIpc) is 2.79. The molecule has 0 saturated heterocycles. The minimum Gasteiger partial charge on any atom is -0.490 e. The summed E-state index contributed by atoms with van der Waals surface area (Å²) in [7, 11) is 0. The van der Waals surface area contributed by atoms with E-state index in [4.69, 9.17) is 38.4 Å². The summed E-state index contributed by atoms with van der Waals surface area (Å²) in [5.74, 6) is 1.40. The number of thiophene rings is 1. The average molecular weight is 346 g/mol. The van der Waals surface area contributed by atoms with E-state index in [-0.39, 0.29) is 6.04 Å². The van der Waals surface area contributed by atoms with Gasteiger partial charge in [-0.15, -0.1) is 11.3 Å². The Bertz CT molecular complexity index is 616. The quantitative estimate of drug-likeness (QED) is 0.809. The number of ether oxygens (including phenoxy) is 2. The molecule has 1 unspecified atom stereocenters. The lowest BCUT2D eigenvalue weighted by Gasteiger charge is -2.16. The van der Waals surface area contributed by atoms with E-state index in [0.29, 0.717) is 33.4 Å². The third kappa shape index (κ3) is 3.83. The van der Waals surface area contributed by atoms with E-state index in [1.54, 1.807) is 6.07 Å². The number of rotatable bonds is 6. The molecule has 0 aliphatic heterocycles. The molecule has 21 heavy (non-hydrogen) atoms. The highest BCUT2D eigenvalue weighted by molar-refractivity contribution is 7.20. The minimum absolute atomic E-state index is 0.351. The molecule has 1 aromatic carbocycles. The second-order valence-corrected chi connectivity index (χ2v) is 6.62. The molecule has 3 nitrogen and oxygen atoms in total. The largest absolute Gasteiger partial charge is 0.490 e. The standard InChI is InChI=1S/C15H17Cl2NO2S/c1-3-19-11-6-5-9(7-12(11)20-4-2)14(18)10-8-13(16)21-15(10)17/h5-8,14H,3-4,18H2,1-2H3. The summed E-state index contributed by atoms with van der Waals surface area (Å²) in [6.45, 7) is 5.00. The molecule has 0 fully saturated rings. The summed E-state index contributed by atoms with van der Waals surface area (Å²) in [6, 6.07) is 7.12. The van der Waals surface area contributed by atoms with E-state index >= 15 is 0 Å². The Kier molecular flexibility index (Phi) is 5.76. The van der Waals surface area contributed by atoms with Gasteiger partial charge >= 0.3 is 0 Å². The lowest BCUT2D eigenvalue weighted by molar-refractivity contribution is 0.287. The van der Waals surface area contributed by atoms with Crippen LogP contribution in [0.5, 0.6) is 11.5 Å². The van der Waals surface area contributed by atoms with Crippen molar-refractivity contribution in [2.24, 2.45) is 5.73 Å². The Morgan fingerprint density at radius 3 is 2.33 bits per heavy atom. The highest BCUT2D eigenvalue weighted by Crippen LogP contribution is 2.38. The van der Waals surface area contributed by atoms with Crippen molar-refractivity contribution < 1.29 is 9.47 Å². The van der Waals surface area contributed by atoms with Crippen LogP contribution in [0.2, 0.25) is 8.67 Å². The molecule has 0 spiro atoms. The van der Waals surface area contributed by atoms with Crippen LogP contribution in [0, 0.1) is 0 Å². The van der Waals surface area contributed by atoms with Gasteiger partial charge in [0, 0.05) is 5.56 Å². The van der Waals surface area contributed by atoms with Gasteiger partial charge in [0.1, 0.15) is 0 Å². The molecular weight excluding hydrogens is 329 g/mol. The van der Waals surface area contributed by atoms with Crippen molar-refractivity contribution in [3.05, 3.63) is 44.1 Å². The number of hydrogen-bond acceptors (Lipinski definition) is 4. The Morgan fingerprint density at radius 1 is 1.10 bits per heavy atom. The van der Waals surface area contributed by atoms with E-state index < -0.39 is 0 Å². The van der Waals surface area contributed by atoms with Gasteiger partial charge in [0.2, 0.25) is 0 Å². The minimum atomic E-state index is -0.351. The number of halogens is 2. The molecule has 1 aromatic heterocycles. The molecule has 0 amide bonds. The third-order valence-electron chi connectivity index (χ3n) is 2.94. The fourth-order valence-corrected chi connectivity index (χ4v) is 3.56. The van der Waals surface area contributed by atoms with Crippen LogP contribution < -0.4 is 15.2 Å². The zero-order chi connectivity index (χ0) is 15.4. The van der Waals surface area contributed by atoms with Crippen LogP contribution in [0.15, 0.2) is 24.3 Å². The highest BCUT2D eigenvalue weighted by Gasteiger charge is 2.17. The molecule has 0 aliphatic carbocycles. The van der Waals surface area contributed by atoms with Crippen molar-refractivity contribution in [1.29, 1.82) is 0 Å². The van der Waals surface area contributed by atoms with Crippen molar-refractivity contribution in [2.45, 2.75) is 19.9 Å². The van der Waals surface area contributed by atoms with Gasteiger partial charge in [-0.1, -0.05) is 29.3 Å².